The molecule has 0 bridgehead atoms. The maximum absolute atomic E-state index is 12.0. The lowest BCUT2D eigenvalue weighted by atomic mass is 10.2. The van der Waals surface area contributed by atoms with Crippen LogP contribution in [-0.2, 0) is 20.9 Å². The second-order valence-electron chi connectivity index (χ2n) is 4.24. The standard InChI is InChI=1S/C14H19NO6/c1-20-12-5-3-2-4-11(12)8-15(6-7-16)13(17)9-21-10-14(18)19/h2-5,16H,6-10H2,1H3,(H,18,19). The minimum Gasteiger partial charge on any atom is -0.496 e. The Kier molecular flexibility index (Phi) is 7.20. The van der Waals surface area contributed by atoms with Gasteiger partial charge in [0.1, 0.15) is 19.0 Å². The minimum absolute atomic E-state index is 0.132. The van der Waals surface area contributed by atoms with Crippen LogP contribution >= 0.6 is 0 Å². The van der Waals surface area contributed by atoms with Gasteiger partial charge in [0, 0.05) is 18.7 Å². The first kappa shape index (κ1) is 16.9. The monoisotopic (exact) mass is 297 g/mol. The zero-order chi connectivity index (χ0) is 15.7. The molecule has 0 aliphatic rings. The molecule has 0 radical (unpaired) electrons. The maximum atomic E-state index is 12.0. The molecule has 21 heavy (non-hydrogen) atoms. The highest BCUT2D eigenvalue weighted by Crippen LogP contribution is 2.19. The molecule has 0 atom stereocenters. The number of carbonyl (C=O) groups excluding carboxylic acids is 1. The van der Waals surface area contributed by atoms with Gasteiger partial charge in [-0.1, -0.05) is 18.2 Å². The fourth-order valence-corrected chi connectivity index (χ4v) is 1.77. The molecule has 0 aliphatic carbocycles. The molecule has 0 aromatic heterocycles. The van der Waals surface area contributed by atoms with E-state index < -0.39 is 18.5 Å². The molecular formula is C14H19NO6. The third kappa shape index (κ3) is 5.80. The van der Waals surface area contributed by atoms with Gasteiger partial charge in [0.05, 0.1) is 13.7 Å². The lowest BCUT2D eigenvalue weighted by Crippen LogP contribution is -2.36. The van der Waals surface area contributed by atoms with E-state index in [1.54, 1.807) is 6.07 Å². The Morgan fingerprint density at radius 1 is 1.24 bits per heavy atom. The van der Waals surface area contributed by atoms with Crippen molar-refractivity contribution in [2.45, 2.75) is 6.54 Å². The molecule has 0 saturated carbocycles. The van der Waals surface area contributed by atoms with Crippen molar-refractivity contribution >= 4 is 11.9 Å². The third-order valence-corrected chi connectivity index (χ3v) is 2.73. The summed E-state index contributed by atoms with van der Waals surface area (Å²) in [4.78, 5) is 23.7. The Balaban J connectivity index is 2.67. The normalized spacial score (nSPS) is 10.2. The van der Waals surface area contributed by atoms with Crippen LogP contribution < -0.4 is 4.74 Å². The Bertz CT molecular complexity index is 476. The number of aliphatic hydroxyl groups excluding tert-OH is 1. The predicted molar refractivity (Wildman–Crippen MR) is 74.0 cm³/mol. The number of aliphatic carboxylic acids is 1. The summed E-state index contributed by atoms with van der Waals surface area (Å²) in [6.45, 7) is -0.693. The van der Waals surface area contributed by atoms with Crippen LogP contribution in [0.2, 0.25) is 0 Å². The van der Waals surface area contributed by atoms with Gasteiger partial charge in [-0.05, 0) is 6.07 Å². The van der Waals surface area contributed by atoms with Crippen LogP contribution in [-0.4, -0.2) is 60.5 Å². The number of hydrogen-bond donors (Lipinski definition) is 2. The Morgan fingerprint density at radius 3 is 2.57 bits per heavy atom. The van der Waals surface area contributed by atoms with E-state index in [-0.39, 0.29) is 26.3 Å². The molecule has 0 fully saturated rings. The first-order valence-electron chi connectivity index (χ1n) is 6.38. The molecule has 0 aliphatic heterocycles. The van der Waals surface area contributed by atoms with E-state index >= 15 is 0 Å². The van der Waals surface area contributed by atoms with E-state index in [9.17, 15) is 9.59 Å². The van der Waals surface area contributed by atoms with Crippen molar-refractivity contribution < 1.29 is 29.3 Å². The van der Waals surface area contributed by atoms with Crippen LogP contribution in [0.4, 0.5) is 0 Å². The van der Waals surface area contributed by atoms with Crippen LogP contribution in [0.15, 0.2) is 24.3 Å². The van der Waals surface area contributed by atoms with Gasteiger partial charge in [0.25, 0.3) is 0 Å². The SMILES string of the molecule is COc1ccccc1CN(CCO)C(=O)COCC(=O)O. The van der Waals surface area contributed by atoms with Crippen LogP contribution in [0.3, 0.4) is 0 Å². The number of para-hydroxylation sites is 1. The lowest BCUT2D eigenvalue weighted by molar-refractivity contribution is -0.146. The number of aliphatic hydroxyl groups is 1. The van der Waals surface area contributed by atoms with Crippen LogP contribution in [0.5, 0.6) is 5.75 Å². The number of carboxylic acid groups (broad SMARTS) is 1. The number of hydrogen-bond acceptors (Lipinski definition) is 5. The Hall–Kier alpha value is -2.12. The number of carbonyl (C=O) groups is 2. The number of methoxy groups -OCH3 is 1. The molecule has 0 unspecified atom stereocenters. The third-order valence-electron chi connectivity index (χ3n) is 2.73. The predicted octanol–water partition coefficient (Wildman–Crippen LogP) is 0.117. The summed E-state index contributed by atoms with van der Waals surface area (Å²) in [5.41, 5.74) is 0.792. The molecule has 1 aromatic rings. The zero-order valence-corrected chi connectivity index (χ0v) is 11.8. The van der Waals surface area contributed by atoms with Gasteiger partial charge < -0.3 is 24.6 Å². The van der Waals surface area contributed by atoms with Crippen LogP contribution in [0.25, 0.3) is 0 Å². The number of carboxylic acids is 1. The topological polar surface area (TPSA) is 96.3 Å². The van der Waals surface area contributed by atoms with Crippen LogP contribution in [0.1, 0.15) is 5.56 Å². The molecule has 116 valence electrons. The van der Waals surface area contributed by atoms with E-state index in [0.717, 1.165) is 5.56 Å². The number of benzene rings is 1. The number of ether oxygens (including phenoxy) is 2. The van der Waals surface area contributed by atoms with Crippen molar-refractivity contribution in [1.82, 2.24) is 4.90 Å². The van der Waals surface area contributed by atoms with E-state index in [1.165, 1.54) is 12.0 Å². The summed E-state index contributed by atoms with van der Waals surface area (Å²) in [5, 5.41) is 17.5. The molecule has 1 amide bonds. The van der Waals surface area contributed by atoms with Gasteiger partial charge in [0.2, 0.25) is 5.91 Å². The summed E-state index contributed by atoms with van der Waals surface area (Å²) in [5.74, 6) is -0.892. The Labute approximate surface area is 122 Å². The van der Waals surface area contributed by atoms with E-state index in [4.69, 9.17) is 19.7 Å². The van der Waals surface area contributed by atoms with Crippen LogP contribution in [0, 0.1) is 0 Å². The Morgan fingerprint density at radius 2 is 1.95 bits per heavy atom. The van der Waals surface area contributed by atoms with Gasteiger partial charge in [-0.15, -0.1) is 0 Å². The molecule has 0 spiro atoms. The maximum Gasteiger partial charge on any atom is 0.329 e. The molecule has 0 heterocycles. The van der Waals surface area contributed by atoms with Gasteiger partial charge in [-0.25, -0.2) is 4.79 Å². The second-order valence-corrected chi connectivity index (χ2v) is 4.24. The van der Waals surface area contributed by atoms with Crippen molar-refractivity contribution in [2.75, 3.05) is 33.5 Å². The first-order valence-corrected chi connectivity index (χ1v) is 6.38. The average Bonchev–Trinajstić information content (AvgIpc) is 2.46. The van der Waals surface area contributed by atoms with Crippen molar-refractivity contribution in [3.63, 3.8) is 0 Å². The summed E-state index contributed by atoms with van der Waals surface area (Å²) < 4.78 is 9.98. The van der Waals surface area contributed by atoms with Crippen molar-refractivity contribution in [1.29, 1.82) is 0 Å². The lowest BCUT2D eigenvalue weighted by Gasteiger charge is -2.22. The van der Waals surface area contributed by atoms with E-state index in [0.29, 0.717) is 5.75 Å². The molecule has 2 N–H and O–H groups in total. The highest BCUT2D eigenvalue weighted by molar-refractivity contribution is 5.78. The fraction of sp³-hybridized carbons (Fsp3) is 0.429. The average molecular weight is 297 g/mol. The van der Waals surface area contributed by atoms with E-state index in [1.807, 2.05) is 18.2 Å². The molecule has 1 rings (SSSR count). The largest absolute Gasteiger partial charge is 0.496 e. The molecule has 7 heteroatoms. The smallest absolute Gasteiger partial charge is 0.329 e. The fourth-order valence-electron chi connectivity index (χ4n) is 1.77. The minimum atomic E-state index is -1.14. The van der Waals surface area contributed by atoms with Gasteiger partial charge in [-0.2, -0.15) is 0 Å². The zero-order valence-electron chi connectivity index (χ0n) is 11.8. The summed E-state index contributed by atoms with van der Waals surface area (Å²) in [6.07, 6.45) is 0. The van der Waals surface area contributed by atoms with Gasteiger partial charge in [0.15, 0.2) is 0 Å². The molecular weight excluding hydrogens is 278 g/mol. The summed E-state index contributed by atoms with van der Waals surface area (Å²) in [6, 6.07) is 7.23. The van der Waals surface area contributed by atoms with Gasteiger partial charge >= 0.3 is 5.97 Å². The highest BCUT2D eigenvalue weighted by atomic mass is 16.5. The molecule has 0 saturated heterocycles. The van der Waals surface area contributed by atoms with Gasteiger partial charge in [-0.3, -0.25) is 4.79 Å². The number of amides is 1. The van der Waals surface area contributed by atoms with E-state index in [2.05, 4.69) is 0 Å². The number of rotatable bonds is 9. The summed E-state index contributed by atoms with van der Waals surface area (Å²) >= 11 is 0. The molecule has 1 aromatic carbocycles. The van der Waals surface area contributed by atoms with Crippen molar-refractivity contribution in [3.8, 4) is 5.75 Å². The van der Waals surface area contributed by atoms with Crippen molar-refractivity contribution in [3.05, 3.63) is 29.8 Å². The number of nitrogens with zero attached hydrogens (tertiary/aromatic N) is 1. The first-order chi connectivity index (χ1) is 10.1. The van der Waals surface area contributed by atoms with Crippen molar-refractivity contribution in [2.24, 2.45) is 0 Å². The highest BCUT2D eigenvalue weighted by Gasteiger charge is 2.16. The summed E-state index contributed by atoms with van der Waals surface area (Å²) in [7, 11) is 1.53. The quantitative estimate of drug-likeness (QED) is 0.672. The molecule has 7 nitrogen and oxygen atoms in total. The second kappa shape index (κ2) is 8.93.